The van der Waals surface area contributed by atoms with Crippen molar-refractivity contribution in [1.29, 1.82) is 0 Å². The summed E-state index contributed by atoms with van der Waals surface area (Å²) >= 11 is 5.79. The number of hydrogen-bond donors (Lipinski definition) is 1. The van der Waals surface area contributed by atoms with Gasteiger partial charge in [-0.2, -0.15) is 0 Å². The van der Waals surface area contributed by atoms with Gasteiger partial charge in [-0.25, -0.2) is 4.99 Å². The molecule has 1 N–H and O–H groups in total. The predicted molar refractivity (Wildman–Crippen MR) is 60.3 cm³/mol. The highest BCUT2D eigenvalue weighted by Gasteiger charge is 2.10. The number of hydrogen-bond acceptors (Lipinski definition) is 3. The molecular weight excluding hydrogens is 212 g/mol. The average Bonchev–Trinajstić information content (AvgIpc) is 2.74. The number of aliphatic imine (C=N–C) groups is 1. The van der Waals surface area contributed by atoms with Crippen LogP contribution in [0.1, 0.15) is 5.56 Å². The summed E-state index contributed by atoms with van der Waals surface area (Å²) in [5.74, 6) is 0. The quantitative estimate of drug-likeness (QED) is 0.844. The van der Waals surface area contributed by atoms with Gasteiger partial charge >= 0.3 is 0 Å². The molecule has 0 saturated heterocycles. The van der Waals surface area contributed by atoms with Crippen LogP contribution in [0.3, 0.4) is 0 Å². The van der Waals surface area contributed by atoms with Crippen molar-refractivity contribution in [3.63, 3.8) is 0 Å². The van der Waals surface area contributed by atoms with E-state index in [4.69, 9.17) is 16.3 Å². The van der Waals surface area contributed by atoms with E-state index in [1.54, 1.807) is 0 Å². The molecule has 0 saturated carbocycles. The lowest BCUT2D eigenvalue weighted by atomic mass is 10.2. The van der Waals surface area contributed by atoms with E-state index in [9.17, 15) is 0 Å². The summed E-state index contributed by atoms with van der Waals surface area (Å²) < 4.78 is 4.90. The standard InChI is InChI=1S/C11H12ClN2O/c12-10-3-1-9(2-4-10)5-13-6-11-7-15-8-14-11/h1-4,11,13H,5-7H2. The highest BCUT2D eigenvalue weighted by Crippen LogP contribution is 2.09. The lowest BCUT2D eigenvalue weighted by molar-refractivity contribution is 0.323. The molecule has 3 nitrogen and oxygen atoms in total. The molecule has 0 aliphatic carbocycles. The van der Waals surface area contributed by atoms with E-state index >= 15 is 0 Å². The van der Waals surface area contributed by atoms with Gasteiger partial charge in [-0.1, -0.05) is 23.7 Å². The first-order valence-corrected chi connectivity index (χ1v) is 5.24. The first kappa shape index (κ1) is 10.5. The van der Waals surface area contributed by atoms with Crippen molar-refractivity contribution in [2.45, 2.75) is 12.6 Å². The van der Waals surface area contributed by atoms with Gasteiger partial charge < -0.3 is 10.1 Å². The van der Waals surface area contributed by atoms with Crippen LogP contribution in [-0.2, 0) is 11.3 Å². The third-order valence-corrected chi connectivity index (χ3v) is 2.45. The van der Waals surface area contributed by atoms with Gasteiger partial charge in [-0.05, 0) is 17.7 Å². The Morgan fingerprint density at radius 2 is 2.27 bits per heavy atom. The molecular formula is C11H12ClN2O. The average molecular weight is 224 g/mol. The smallest absolute Gasteiger partial charge is 0.273 e. The van der Waals surface area contributed by atoms with Gasteiger partial charge in [0.1, 0.15) is 12.6 Å². The van der Waals surface area contributed by atoms with Gasteiger partial charge in [0.25, 0.3) is 6.40 Å². The SMILES string of the molecule is Clc1ccc(CNCC2CO[C]=N2)cc1. The van der Waals surface area contributed by atoms with E-state index in [0.29, 0.717) is 6.61 Å². The molecule has 15 heavy (non-hydrogen) atoms. The number of rotatable bonds is 4. The summed E-state index contributed by atoms with van der Waals surface area (Å²) in [4.78, 5) is 4.03. The number of ether oxygens (including phenoxy) is 1. The fourth-order valence-corrected chi connectivity index (χ4v) is 1.50. The van der Waals surface area contributed by atoms with E-state index in [1.807, 2.05) is 24.3 Å². The first-order chi connectivity index (χ1) is 7.34. The second-order valence-electron chi connectivity index (χ2n) is 3.44. The number of benzene rings is 1. The third kappa shape index (κ3) is 3.22. The van der Waals surface area contributed by atoms with Crippen molar-refractivity contribution in [1.82, 2.24) is 5.32 Å². The Morgan fingerprint density at radius 1 is 1.47 bits per heavy atom. The second-order valence-corrected chi connectivity index (χ2v) is 3.88. The van der Waals surface area contributed by atoms with E-state index in [0.717, 1.165) is 18.1 Å². The number of nitrogens with zero attached hydrogens (tertiary/aromatic N) is 1. The molecule has 0 fully saturated rings. The molecule has 1 unspecified atom stereocenters. The van der Waals surface area contributed by atoms with Crippen LogP contribution in [-0.4, -0.2) is 25.6 Å². The Hall–Kier alpha value is -1.06. The zero-order valence-corrected chi connectivity index (χ0v) is 9.00. The monoisotopic (exact) mass is 223 g/mol. The fraction of sp³-hybridized carbons (Fsp3) is 0.364. The van der Waals surface area contributed by atoms with E-state index in [-0.39, 0.29) is 6.04 Å². The van der Waals surface area contributed by atoms with E-state index < -0.39 is 0 Å². The van der Waals surface area contributed by atoms with Crippen molar-refractivity contribution in [2.75, 3.05) is 13.2 Å². The zero-order valence-electron chi connectivity index (χ0n) is 8.24. The second kappa shape index (κ2) is 5.14. The molecule has 0 bridgehead atoms. The van der Waals surface area contributed by atoms with Crippen LogP contribution in [0.5, 0.6) is 0 Å². The lowest BCUT2D eigenvalue weighted by Gasteiger charge is -2.07. The van der Waals surface area contributed by atoms with Crippen LogP contribution in [0, 0.1) is 0 Å². The maximum Gasteiger partial charge on any atom is 0.273 e. The Bertz CT molecular complexity index is 337. The van der Waals surface area contributed by atoms with Gasteiger partial charge in [-0.3, -0.25) is 0 Å². The molecule has 4 heteroatoms. The van der Waals surface area contributed by atoms with Gasteiger partial charge in [-0.15, -0.1) is 0 Å². The summed E-state index contributed by atoms with van der Waals surface area (Å²) in [5, 5.41) is 4.07. The Labute approximate surface area is 94.1 Å². The van der Waals surface area contributed by atoms with Crippen LogP contribution in [0.4, 0.5) is 0 Å². The van der Waals surface area contributed by atoms with Gasteiger partial charge in [0.05, 0.1) is 0 Å². The minimum Gasteiger partial charge on any atom is -0.472 e. The Morgan fingerprint density at radius 3 is 2.93 bits per heavy atom. The van der Waals surface area contributed by atoms with Gasteiger partial charge in [0.15, 0.2) is 0 Å². The Balaban J connectivity index is 1.73. The molecule has 1 aromatic rings. The van der Waals surface area contributed by atoms with Gasteiger partial charge in [0.2, 0.25) is 0 Å². The van der Waals surface area contributed by atoms with Crippen molar-refractivity contribution >= 4 is 18.0 Å². The topological polar surface area (TPSA) is 33.6 Å². The minimum atomic E-state index is 0.206. The van der Waals surface area contributed by atoms with Crippen LogP contribution < -0.4 is 5.32 Å². The molecule has 1 aromatic carbocycles. The Kier molecular flexibility index (Phi) is 3.59. The highest BCUT2D eigenvalue weighted by atomic mass is 35.5. The third-order valence-electron chi connectivity index (χ3n) is 2.20. The molecule has 79 valence electrons. The lowest BCUT2D eigenvalue weighted by Crippen LogP contribution is -2.26. The fourth-order valence-electron chi connectivity index (χ4n) is 1.37. The molecule has 1 radical (unpaired) electrons. The maximum atomic E-state index is 5.79. The van der Waals surface area contributed by atoms with Crippen molar-refractivity contribution < 1.29 is 4.74 Å². The van der Waals surface area contributed by atoms with Gasteiger partial charge in [0, 0.05) is 18.1 Å². The molecule has 0 aromatic heterocycles. The van der Waals surface area contributed by atoms with Crippen LogP contribution >= 0.6 is 11.6 Å². The summed E-state index contributed by atoms with van der Waals surface area (Å²) in [6, 6.07) is 8.01. The molecule has 1 aliphatic rings. The van der Waals surface area contributed by atoms with Crippen molar-refractivity contribution in [2.24, 2.45) is 4.99 Å². The van der Waals surface area contributed by atoms with Crippen LogP contribution in [0.25, 0.3) is 0 Å². The number of nitrogens with one attached hydrogen (secondary N) is 1. The molecule has 1 aliphatic heterocycles. The summed E-state index contributed by atoms with van der Waals surface area (Å²) in [6.45, 7) is 2.27. The molecule has 2 rings (SSSR count). The van der Waals surface area contributed by atoms with E-state index in [2.05, 4.69) is 16.7 Å². The van der Waals surface area contributed by atoms with E-state index in [1.165, 1.54) is 5.56 Å². The molecule has 0 amide bonds. The van der Waals surface area contributed by atoms with Crippen LogP contribution in [0.2, 0.25) is 5.02 Å². The molecule has 1 atom stereocenters. The highest BCUT2D eigenvalue weighted by molar-refractivity contribution is 6.30. The first-order valence-electron chi connectivity index (χ1n) is 4.86. The predicted octanol–water partition coefficient (Wildman–Crippen LogP) is 1.73. The summed E-state index contributed by atoms with van der Waals surface area (Å²) in [6.07, 6.45) is 2.50. The molecule has 0 spiro atoms. The normalized spacial score (nSPS) is 19.1. The zero-order chi connectivity index (χ0) is 10.5. The minimum absolute atomic E-state index is 0.206. The van der Waals surface area contributed by atoms with Crippen LogP contribution in [0.15, 0.2) is 29.3 Å². The molecule has 1 heterocycles. The summed E-state index contributed by atoms with van der Waals surface area (Å²) in [7, 11) is 0. The van der Waals surface area contributed by atoms with Crippen molar-refractivity contribution in [3.05, 3.63) is 34.9 Å². The number of halogens is 1. The van der Waals surface area contributed by atoms with Crippen molar-refractivity contribution in [3.8, 4) is 0 Å². The summed E-state index contributed by atoms with van der Waals surface area (Å²) in [5.41, 5.74) is 1.21. The largest absolute Gasteiger partial charge is 0.472 e. The maximum absolute atomic E-state index is 5.79.